The fourth-order valence-corrected chi connectivity index (χ4v) is 4.06. The number of hydrogen-bond acceptors (Lipinski definition) is 5. The van der Waals surface area contributed by atoms with Gasteiger partial charge in [-0.15, -0.1) is 6.58 Å². The minimum absolute atomic E-state index is 0.0268. The smallest absolute Gasteiger partial charge is 0.230 e. The fraction of sp³-hybridized carbons (Fsp3) is 0.316. The molecular weight excluding hydrogens is 366 g/mol. The summed E-state index contributed by atoms with van der Waals surface area (Å²) in [6, 6.07) is 9.72. The number of hydrogen-bond donors (Lipinski definition) is 2. The Labute approximate surface area is 162 Å². The van der Waals surface area contributed by atoms with Crippen LogP contribution in [0.3, 0.4) is 0 Å². The van der Waals surface area contributed by atoms with Gasteiger partial charge >= 0.3 is 0 Å². The molecule has 0 unspecified atom stereocenters. The van der Waals surface area contributed by atoms with Crippen LogP contribution < -0.4 is 10.6 Å². The number of carbonyl (C=O) groups excluding carboxylic acids is 2. The summed E-state index contributed by atoms with van der Waals surface area (Å²) in [4.78, 5) is 28.6. The Kier molecular flexibility index (Phi) is 7.87. The third-order valence-electron chi connectivity index (χ3n) is 3.27. The number of thiazole rings is 1. The number of thioether (sulfide) groups is 1. The molecule has 138 valence electrons. The molecule has 5 nitrogen and oxygen atoms in total. The van der Waals surface area contributed by atoms with Crippen molar-refractivity contribution in [1.29, 1.82) is 0 Å². The van der Waals surface area contributed by atoms with Gasteiger partial charge in [0.1, 0.15) is 10.7 Å². The van der Waals surface area contributed by atoms with Crippen LogP contribution in [0.1, 0.15) is 20.3 Å². The lowest BCUT2D eigenvalue weighted by molar-refractivity contribution is -0.118. The van der Waals surface area contributed by atoms with Gasteiger partial charge in [0.15, 0.2) is 4.34 Å². The first-order chi connectivity index (χ1) is 12.5. The van der Waals surface area contributed by atoms with E-state index in [1.807, 2.05) is 44.2 Å². The summed E-state index contributed by atoms with van der Waals surface area (Å²) in [7, 11) is 0. The average molecular weight is 390 g/mol. The van der Waals surface area contributed by atoms with Gasteiger partial charge in [0.25, 0.3) is 0 Å². The number of carbonyl (C=O) groups is 2. The lowest BCUT2D eigenvalue weighted by Gasteiger charge is -2.06. The van der Waals surface area contributed by atoms with Gasteiger partial charge in [-0.3, -0.25) is 9.59 Å². The van der Waals surface area contributed by atoms with Crippen molar-refractivity contribution < 1.29 is 9.59 Å². The van der Waals surface area contributed by atoms with Crippen molar-refractivity contribution in [2.75, 3.05) is 17.6 Å². The van der Waals surface area contributed by atoms with Crippen molar-refractivity contribution in [3.05, 3.63) is 43.0 Å². The highest BCUT2D eigenvalue weighted by atomic mass is 32.2. The zero-order chi connectivity index (χ0) is 18.9. The van der Waals surface area contributed by atoms with Crippen molar-refractivity contribution in [2.45, 2.75) is 24.6 Å². The van der Waals surface area contributed by atoms with Crippen LogP contribution in [0.4, 0.5) is 5.00 Å². The lowest BCUT2D eigenvalue weighted by atomic mass is 10.1. The molecule has 0 radical (unpaired) electrons. The van der Waals surface area contributed by atoms with Crippen molar-refractivity contribution in [2.24, 2.45) is 5.92 Å². The first kappa shape index (κ1) is 20.2. The van der Waals surface area contributed by atoms with E-state index in [2.05, 4.69) is 22.2 Å². The lowest BCUT2D eigenvalue weighted by Crippen LogP contribution is -2.24. The molecule has 2 amide bonds. The summed E-state index contributed by atoms with van der Waals surface area (Å²) in [6.07, 6.45) is 2.10. The molecule has 0 aliphatic rings. The second-order valence-electron chi connectivity index (χ2n) is 6.05. The maximum absolute atomic E-state index is 12.2. The SMILES string of the molecule is C=CCNC(=O)CSc1nc(-c2ccccc2)c(NC(=O)CC(C)C)s1. The number of rotatable bonds is 9. The molecule has 2 aromatic rings. The van der Waals surface area contributed by atoms with Crippen LogP contribution in [0.25, 0.3) is 11.3 Å². The highest BCUT2D eigenvalue weighted by Crippen LogP contribution is 2.37. The molecule has 26 heavy (non-hydrogen) atoms. The number of nitrogens with zero attached hydrogens (tertiary/aromatic N) is 1. The number of benzene rings is 1. The van der Waals surface area contributed by atoms with E-state index in [1.54, 1.807) is 6.08 Å². The van der Waals surface area contributed by atoms with E-state index < -0.39 is 0 Å². The van der Waals surface area contributed by atoms with Crippen molar-refractivity contribution in [1.82, 2.24) is 10.3 Å². The normalized spacial score (nSPS) is 10.6. The van der Waals surface area contributed by atoms with E-state index in [0.717, 1.165) is 20.6 Å². The third kappa shape index (κ3) is 6.31. The molecule has 1 heterocycles. The summed E-state index contributed by atoms with van der Waals surface area (Å²) >= 11 is 2.75. The molecule has 2 N–H and O–H groups in total. The topological polar surface area (TPSA) is 71.1 Å². The number of aromatic nitrogens is 1. The Morgan fingerprint density at radius 3 is 2.65 bits per heavy atom. The van der Waals surface area contributed by atoms with E-state index in [9.17, 15) is 9.59 Å². The Hall–Kier alpha value is -2.12. The Bertz CT molecular complexity index is 757. The van der Waals surface area contributed by atoms with E-state index in [-0.39, 0.29) is 23.5 Å². The largest absolute Gasteiger partial charge is 0.352 e. The van der Waals surface area contributed by atoms with Gasteiger partial charge < -0.3 is 10.6 Å². The van der Waals surface area contributed by atoms with Gasteiger partial charge in [-0.25, -0.2) is 4.98 Å². The average Bonchev–Trinajstić information content (AvgIpc) is 3.00. The molecule has 0 saturated heterocycles. The summed E-state index contributed by atoms with van der Waals surface area (Å²) in [6.45, 7) is 8.04. The second-order valence-corrected chi connectivity index (χ2v) is 8.27. The van der Waals surface area contributed by atoms with Gasteiger partial charge in [-0.2, -0.15) is 0 Å². The van der Waals surface area contributed by atoms with Gasteiger partial charge in [-0.1, -0.05) is 73.4 Å². The molecule has 0 aliphatic heterocycles. The monoisotopic (exact) mass is 389 g/mol. The molecule has 0 aliphatic carbocycles. The molecule has 0 bridgehead atoms. The molecule has 2 rings (SSSR count). The minimum Gasteiger partial charge on any atom is -0.352 e. The van der Waals surface area contributed by atoms with Crippen LogP contribution in [0.5, 0.6) is 0 Å². The van der Waals surface area contributed by atoms with E-state index >= 15 is 0 Å². The number of nitrogens with one attached hydrogen (secondary N) is 2. The van der Waals surface area contributed by atoms with Gasteiger partial charge in [-0.05, 0) is 5.92 Å². The molecule has 0 atom stereocenters. The van der Waals surface area contributed by atoms with E-state index in [4.69, 9.17) is 0 Å². The standard InChI is InChI=1S/C19H23N3O2S2/c1-4-10-20-16(24)12-25-19-22-17(14-8-6-5-7-9-14)18(26-19)21-15(23)11-13(2)3/h4-9,13H,1,10-12H2,2-3H3,(H,20,24)(H,21,23). The van der Waals surface area contributed by atoms with Gasteiger partial charge in [0.05, 0.1) is 5.75 Å². The highest BCUT2D eigenvalue weighted by molar-refractivity contribution is 8.01. The molecule has 1 aromatic heterocycles. The van der Waals surface area contributed by atoms with Crippen LogP contribution in [0.15, 0.2) is 47.3 Å². The van der Waals surface area contributed by atoms with Crippen LogP contribution in [-0.2, 0) is 9.59 Å². The van der Waals surface area contributed by atoms with E-state index in [0.29, 0.717) is 13.0 Å². The van der Waals surface area contributed by atoms with Crippen molar-refractivity contribution in [3.8, 4) is 11.3 Å². The summed E-state index contributed by atoms with van der Waals surface area (Å²) in [5.74, 6) is 0.456. The maximum Gasteiger partial charge on any atom is 0.230 e. The molecule has 0 saturated carbocycles. The summed E-state index contributed by atoms with van der Waals surface area (Å²) in [5.41, 5.74) is 1.67. The Balaban J connectivity index is 2.16. The molecule has 0 spiro atoms. The Morgan fingerprint density at radius 1 is 1.27 bits per heavy atom. The summed E-state index contributed by atoms with van der Waals surface area (Å²) in [5, 5.41) is 6.43. The zero-order valence-corrected chi connectivity index (χ0v) is 16.6. The molecule has 0 fully saturated rings. The van der Waals surface area contributed by atoms with Crippen molar-refractivity contribution >= 4 is 39.9 Å². The van der Waals surface area contributed by atoms with Crippen molar-refractivity contribution in [3.63, 3.8) is 0 Å². The predicted octanol–water partition coefficient (Wildman–Crippen LogP) is 4.19. The molecule has 7 heteroatoms. The highest BCUT2D eigenvalue weighted by Gasteiger charge is 2.17. The maximum atomic E-state index is 12.2. The van der Waals surface area contributed by atoms with Crippen LogP contribution in [0.2, 0.25) is 0 Å². The zero-order valence-electron chi connectivity index (χ0n) is 15.0. The van der Waals surface area contributed by atoms with Gasteiger partial charge in [0.2, 0.25) is 11.8 Å². The van der Waals surface area contributed by atoms with Crippen LogP contribution in [-0.4, -0.2) is 29.1 Å². The predicted molar refractivity (Wildman–Crippen MR) is 110 cm³/mol. The minimum atomic E-state index is -0.0724. The quantitative estimate of drug-likeness (QED) is 0.498. The number of anilines is 1. The van der Waals surface area contributed by atoms with Crippen LogP contribution in [0, 0.1) is 5.92 Å². The third-order valence-corrected chi connectivity index (χ3v) is 5.39. The van der Waals surface area contributed by atoms with Gasteiger partial charge in [0, 0.05) is 18.5 Å². The Morgan fingerprint density at radius 2 is 2.00 bits per heavy atom. The van der Waals surface area contributed by atoms with Crippen LogP contribution >= 0.6 is 23.1 Å². The van der Waals surface area contributed by atoms with E-state index in [1.165, 1.54) is 23.1 Å². The summed E-state index contributed by atoms with van der Waals surface area (Å²) < 4.78 is 0.748. The first-order valence-corrected chi connectivity index (χ1v) is 10.2. The first-order valence-electron chi connectivity index (χ1n) is 8.36. The second kappa shape index (κ2) is 10.1. The molecule has 1 aromatic carbocycles. The molecular formula is C19H23N3O2S2. The fourth-order valence-electron chi connectivity index (χ4n) is 2.15. The number of amides is 2.